The highest BCUT2D eigenvalue weighted by atomic mass is 16.4. The van der Waals surface area contributed by atoms with Crippen LogP contribution < -0.4 is 0 Å². The lowest BCUT2D eigenvalue weighted by atomic mass is 10.2. The average molecular weight is 275 g/mol. The molecule has 0 radical (unpaired) electrons. The fraction of sp³-hybridized carbons (Fsp3) is 0.250. The summed E-state index contributed by atoms with van der Waals surface area (Å²) in [6.07, 6.45) is 2.00. The summed E-state index contributed by atoms with van der Waals surface area (Å²) in [5.74, 6) is 0.191. The molecule has 0 aliphatic rings. The predicted octanol–water partition coefficient (Wildman–Crippen LogP) is 1.21. The number of rotatable bonds is 4. The fourth-order valence-electron chi connectivity index (χ4n) is 1.65. The average Bonchev–Trinajstić information content (AvgIpc) is 2.46. The van der Waals surface area contributed by atoms with Gasteiger partial charge in [-0.2, -0.15) is 5.10 Å². The number of nitrogens with zero attached hydrogens (tertiary/aromatic N) is 5. The number of hydrogen-bond donors (Lipinski definition) is 2. The molecule has 2 heterocycles. The maximum absolute atomic E-state index is 11.4. The molecule has 2 aromatic heterocycles. The lowest BCUT2D eigenvalue weighted by molar-refractivity contribution is 0.121. The van der Waals surface area contributed by atoms with Crippen molar-refractivity contribution in [1.29, 1.82) is 0 Å². The first-order valence-electron chi connectivity index (χ1n) is 5.86. The van der Waals surface area contributed by atoms with E-state index in [0.29, 0.717) is 11.5 Å². The summed E-state index contributed by atoms with van der Waals surface area (Å²) in [6.45, 7) is 1.72. The molecule has 0 spiro atoms. The summed E-state index contributed by atoms with van der Waals surface area (Å²) < 4.78 is 0. The maximum atomic E-state index is 11.4. The van der Waals surface area contributed by atoms with Crippen LogP contribution in [0.4, 0.5) is 4.79 Å². The topological polar surface area (TPSA) is 112 Å². The molecular formula is C12H13N5O3. The molecule has 0 unspecified atom stereocenters. The third kappa shape index (κ3) is 3.16. The van der Waals surface area contributed by atoms with Crippen molar-refractivity contribution in [3.05, 3.63) is 42.1 Å². The van der Waals surface area contributed by atoms with Crippen LogP contribution in [0.15, 0.2) is 30.6 Å². The molecule has 104 valence electrons. The molecule has 0 bridgehead atoms. The van der Waals surface area contributed by atoms with Crippen molar-refractivity contribution in [2.24, 2.45) is 0 Å². The normalized spacial score (nSPS) is 11.8. The number of carbonyl (C=O) groups is 1. The van der Waals surface area contributed by atoms with E-state index in [4.69, 9.17) is 5.11 Å². The zero-order chi connectivity index (χ0) is 14.5. The van der Waals surface area contributed by atoms with Gasteiger partial charge in [-0.3, -0.25) is 4.90 Å². The Kier molecular flexibility index (Phi) is 4.04. The highest BCUT2D eigenvalue weighted by molar-refractivity contribution is 5.65. The number of aromatic nitrogens is 4. The SMILES string of the molecule is C[C@H](c1ncccn1)N(Cc1ccc(O)nn1)C(=O)O. The van der Waals surface area contributed by atoms with E-state index in [2.05, 4.69) is 20.2 Å². The van der Waals surface area contributed by atoms with Crippen molar-refractivity contribution in [2.45, 2.75) is 19.5 Å². The molecule has 0 aliphatic heterocycles. The minimum absolute atomic E-state index is 0.0298. The van der Waals surface area contributed by atoms with E-state index in [1.165, 1.54) is 12.1 Å². The molecule has 2 aromatic rings. The Hall–Kier alpha value is -2.77. The molecule has 1 atom stereocenters. The van der Waals surface area contributed by atoms with Crippen LogP contribution in [0.1, 0.15) is 24.5 Å². The Bertz CT molecular complexity index is 575. The first kappa shape index (κ1) is 13.7. The molecule has 0 fully saturated rings. The summed E-state index contributed by atoms with van der Waals surface area (Å²) in [4.78, 5) is 20.6. The molecule has 0 saturated heterocycles. The minimum atomic E-state index is -1.11. The van der Waals surface area contributed by atoms with Crippen LogP contribution in [0.5, 0.6) is 5.88 Å². The van der Waals surface area contributed by atoms with Gasteiger partial charge in [0.1, 0.15) is 0 Å². The van der Waals surface area contributed by atoms with Gasteiger partial charge in [0.25, 0.3) is 0 Å². The monoisotopic (exact) mass is 275 g/mol. The van der Waals surface area contributed by atoms with Crippen molar-refractivity contribution in [2.75, 3.05) is 0 Å². The molecule has 0 aliphatic carbocycles. The van der Waals surface area contributed by atoms with Gasteiger partial charge in [0.2, 0.25) is 5.88 Å². The van der Waals surface area contributed by atoms with Crippen LogP contribution in [-0.4, -0.2) is 41.4 Å². The van der Waals surface area contributed by atoms with Crippen LogP contribution in [0, 0.1) is 0 Å². The van der Waals surface area contributed by atoms with Crippen molar-refractivity contribution >= 4 is 6.09 Å². The summed E-state index contributed by atoms with van der Waals surface area (Å²) in [5.41, 5.74) is 0.424. The summed E-state index contributed by atoms with van der Waals surface area (Å²) >= 11 is 0. The first-order valence-corrected chi connectivity index (χ1v) is 5.86. The first-order chi connectivity index (χ1) is 9.58. The largest absolute Gasteiger partial charge is 0.492 e. The van der Waals surface area contributed by atoms with Gasteiger partial charge in [0.15, 0.2) is 5.82 Å². The van der Waals surface area contributed by atoms with Gasteiger partial charge in [0, 0.05) is 18.5 Å². The van der Waals surface area contributed by atoms with E-state index in [-0.39, 0.29) is 12.4 Å². The van der Waals surface area contributed by atoms with E-state index in [1.807, 2.05) is 0 Å². The zero-order valence-electron chi connectivity index (χ0n) is 10.7. The van der Waals surface area contributed by atoms with Crippen LogP contribution in [0.2, 0.25) is 0 Å². The molecular weight excluding hydrogens is 262 g/mol. The number of carboxylic acid groups (broad SMARTS) is 1. The van der Waals surface area contributed by atoms with Gasteiger partial charge in [0.05, 0.1) is 18.3 Å². The second kappa shape index (κ2) is 5.91. The Morgan fingerprint density at radius 2 is 2.00 bits per heavy atom. The van der Waals surface area contributed by atoms with Gasteiger partial charge >= 0.3 is 6.09 Å². The van der Waals surface area contributed by atoms with E-state index in [0.717, 1.165) is 4.90 Å². The smallest absolute Gasteiger partial charge is 0.408 e. The van der Waals surface area contributed by atoms with Gasteiger partial charge < -0.3 is 10.2 Å². The second-order valence-electron chi connectivity index (χ2n) is 4.08. The second-order valence-corrected chi connectivity index (χ2v) is 4.08. The molecule has 2 N–H and O–H groups in total. The third-order valence-electron chi connectivity index (χ3n) is 2.71. The Labute approximate surface area is 114 Å². The lowest BCUT2D eigenvalue weighted by Crippen LogP contribution is -2.33. The molecule has 0 aromatic carbocycles. The maximum Gasteiger partial charge on any atom is 0.408 e. The van der Waals surface area contributed by atoms with Gasteiger partial charge in [-0.1, -0.05) is 0 Å². The Morgan fingerprint density at radius 3 is 2.55 bits per heavy atom. The number of hydrogen-bond acceptors (Lipinski definition) is 6. The van der Waals surface area contributed by atoms with Crippen molar-refractivity contribution in [3.8, 4) is 5.88 Å². The standard InChI is InChI=1S/C12H13N5O3/c1-8(11-13-5-2-6-14-11)17(12(19)20)7-9-3-4-10(18)16-15-9/h2-6,8H,7H2,1H3,(H,16,18)(H,19,20)/t8-/m1/s1. The van der Waals surface area contributed by atoms with Crippen LogP contribution in [0.25, 0.3) is 0 Å². The summed E-state index contributed by atoms with van der Waals surface area (Å²) in [6, 6.07) is 4.00. The van der Waals surface area contributed by atoms with Gasteiger partial charge in [-0.15, -0.1) is 5.10 Å². The molecule has 20 heavy (non-hydrogen) atoms. The summed E-state index contributed by atoms with van der Waals surface area (Å²) in [5, 5.41) is 25.6. The van der Waals surface area contributed by atoms with Gasteiger partial charge in [-0.05, 0) is 19.1 Å². The van der Waals surface area contributed by atoms with Crippen molar-refractivity contribution < 1.29 is 15.0 Å². The van der Waals surface area contributed by atoms with E-state index < -0.39 is 12.1 Å². The van der Waals surface area contributed by atoms with E-state index in [1.54, 1.807) is 25.4 Å². The Morgan fingerprint density at radius 1 is 1.30 bits per heavy atom. The van der Waals surface area contributed by atoms with Crippen LogP contribution in [0.3, 0.4) is 0 Å². The van der Waals surface area contributed by atoms with Crippen molar-refractivity contribution in [1.82, 2.24) is 25.1 Å². The molecule has 8 nitrogen and oxygen atoms in total. The predicted molar refractivity (Wildman–Crippen MR) is 67.7 cm³/mol. The number of amides is 1. The van der Waals surface area contributed by atoms with Gasteiger partial charge in [-0.25, -0.2) is 14.8 Å². The highest BCUT2D eigenvalue weighted by Crippen LogP contribution is 2.18. The molecule has 8 heteroatoms. The fourth-order valence-corrected chi connectivity index (χ4v) is 1.65. The highest BCUT2D eigenvalue weighted by Gasteiger charge is 2.23. The minimum Gasteiger partial charge on any atom is -0.492 e. The Balaban J connectivity index is 2.19. The van der Waals surface area contributed by atoms with Crippen molar-refractivity contribution in [3.63, 3.8) is 0 Å². The molecule has 0 saturated carbocycles. The van der Waals surface area contributed by atoms with Crippen LogP contribution >= 0.6 is 0 Å². The summed E-state index contributed by atoms with van der Waals surface area (Å²) in [7, 11) is 0. The molecule has 1 amide bonds. The van der Waals surface area contributed by atoms with E-state index >= 15 is 0 Å². The lowest BCUT2D eigenvalue weighted by Gasteiger charge is -2.24. The van der Waals surface area contributed by atoms with Crippen LogP contribution in [-0.2, 0) is 6.54 Å². The quantitative estimate of drug-likeness (QED) is 0.862. The number of aromatic hydroxyl groups is 1. The molecule has 2 rings (SSSR count). The third-order valence-corrected chi connectivity index (χ3v) is 2.71. The zero-order valence-corrected chi connectivity index (χ0v) is 10.7. The van der Waals surface area contributed by atoms with E-state index in [9.17, 15) is 9.90 Å².